The summed E-state index contributed by atoms with van der Waals surface area (Å²) < 4.78 is 15.2. The van der Waals surface area contributed by atoms with Crippen LogP contribution in [0.3, 0.4) is 0 Å². The molecule has 2 rings (SSSR count). The summed E-state index contributed by atoms with van der Waals surface area (Å²) in [5.74, 6) is -0.579. The van der Waals surface area contributed by atoms with Gasteiger partial charge < -0.3 is 11.1 Å². The van der Waals surface area contributed by atoms with Crippen LogP contribution in [0.15, 0.2) is 24.4 Å². The first-order valence-corrected chi connectivity index (χ1v) is 6.27. The predicted octanol–water partition coefficient (Wildman–Crippen LogP) is 1.70. The normalized spacial score (nSPS) is 12.2. The van der Waals surface area contributed by atoms with Gasteiger partial charge in [-0.1, -0.05) is 0 Å². The number of rotatable bonds is 3. The Morgan fingerprint density at radius 1 is 1.50 bits per heavy atom. The van der Waals surface area contributed by atoms with E-state index in [1.807, 2.05) is 0 Å². The summed E-state index contributed by atoms with van der Waals surface area (Å²) in [5.41, 5.74) is 7.99. The summed E-state index contributed by atoms with van der Waals surface area (Å²) in [6.07, 6.45) is 1.66. The molecule has 0 aliphatic carbocycles. The molecule has 5 nitrogen and oxygen atoms in total. The molecule has 0 saturated heterocycles. The van der Waals surface area contributed by atoms with Gasteiger partial charge in [-0.25, -0.2) is 9.07 Å². The molecule has 0 bridgehead atoms. The standard InChI is InChI=1S/C14H17FN4O/c1-8-6-13(10(9(2)16)7-11(8)15)19-5-4-12(18-19)14(20)17-3/h4-7,9H,16H2,1-3H3,(H,17,20)/t9-/m1/s1. The van der Waals surface area contributed by atoms with Crippen molar-refractivity contribution in [1.29, 1.82) is 0 Å². The van der Waals surface area contributed by atoms with E-state index in [9.17, 15) is 9.18 Å². The molecule has 20 heavy (non-hydrogen) atoms. The molecule has 0 spiro atoms. The first-order chi connectivity index (χ1) is 9.43. The smallest absolute Gasteiger partial charge is 0.271 e. The monoisotopic (exact) mass is 276 g/mol. The average molecular weight is 276 g/mol. The molecule has 0 fully saturated rings. The maximum absolute atomic E-state index is 13.7. The third-order valence-electron chi connectivity index (χ3n) is 3.09. The van der Waals surface area contributed by atoms with Gasteiger partial charge in [0, 0.05) is 19.3 Å². The highest BCUT2D eigenvalue weighted by Crippen LogP contribution is 2.23. The number of amides is 1. The van der Waals surface area contributed by atoms with Crippen molar-refractivity contribution in [3.8, 4) is 5.69 Å². The molecule has 1 amide bonds. The Labute approximate surface area is 116 Å². The third-order valence-corrected chi connectivity index (χ3v) is 3.09. The molecule has 1 atom stereocenters. The number of benzene rings is 1. The topological polar surface area (TPSA) is 72.9 Å². The zero-order valence-corrected chi connectivity index (χ0v) is 11.6. The van der Waals surface area contributed by atoms with Crippen LogP contribution in [-0.2, 0) is 0 Å². The number of aromatic nitrogens is 2. The van der Waals surface area contributed by atoms with Gasteiger partial charge in [-0.2, -0.15) is 5.10 Å². The van der Waals surface area contributed by atoms with Crippen LogP contribution in [0.25, 0.3) is 5.69 Å². The second kappa shape index (κ2) is 5.42. The molecular weight excluding hydrogens is 259 g/mol. The number of carbonyl (C=O) groups is 1. The van der Waals surface area contributed by atoms with Crippen LogP contribution in [0.5, 0.6) is 0 Å². The van der Waals surface area contributed by atoms with Crippen LogP contribution >= 0.6 is 0 Å². The van der Waals surface area contributed by atoms with Gasteiger partial charge in [0.05, 0.1) is 5.69 Å². The van der Waals surface area contributed by atoms with Crippen molar-refractivity contribution in [2.24, 2.45) is 5.73 Å². The molecule has 0 aliphatic heterocycles. The number of carbonyl (C=O) groups excluding carboxylic acids is 1. The highest BCUT2D eigenvalue weighted by atomic mass is 19.1. The van der Waals surface area contributed by atoms with E-state index in [2.05, 4.69) is 10.4 Å². The average Bonchev–Trinajstić information content (AvgIpc) is 2.89. The lowest BCUT2D eigenvalue weighted by molar-refractivity contribution is 0.0957. The Hall–Kier alpha value is -2.21. The van der Waals surface area contributed by atoms with Crippen molar-refractivity contribution < 1.29 is 9.18 Å². The summed E-state index contributed by atoms with van der Waals surface area (Å²) in [4.78, 5) is 11.5. The minimum Gasteiger partial charge on any atom is -0.354 e. The number of nitrogens with two attached hydrogens (primary N) is 1. The molecule has 3 N–H and O–H groups in total. The van der Waals surface area contributed by atoms with E-state index in [1.165, 1.54) is 17.8 Å². The van der Waals surface area contributed by atoms with Crippen LogP contribution < -0.4 is 11.1 Å². The van der Waals surface area contributed by atoms with Crippen molar-refractivity contribution in [2.45, 2.75) is 19.9 Å². The summed E-state index contributed by atoms with van der Waals surface area (Å²) in [7, 11) is 1.54. The fourth-order valence-electron chi connectivity index (χ4n) is 1.95. The first-order valence-electron chi connectivity index (χ1n) is 6.27. The van der Waals surface area contributed by atoms with E-state index < -0.39 is 0 Å². The second-order valence-electron chi connectivity index (χ2n) is 4.67. The van der Waals surface area contributed by atoms with Gasteiger partial charge in [-0.05, 0) is 43.2 Å². The van der Waals surface area contributed by atoms with Crippen LogP contribution in [0.4, 0.5) is 4.39 Å². The molecule has 0 unspecified atom stereocenters. The number of halogens is 1. The van der Waals surface area contributed by atoms with Crippen LogP contribution in [0.2, 0.25) is 0 Å². The molecule has 1 heterocycles. The second-order valence-corrected chi connectivity index (χ2v) is 4.67. The Kier molecular flexibility index (Phi) is 3.85. The molecule has 2 aromatic rings. The highest BCUT2D eigenvalue weighted by molar-refractivity contribution is 5.91. The maximum Gasteiger partial charge on any atom is 0.271 e. The minimum absolute atomic E-state index is 0.273. The largest absolute Gasteiger partial charge is 0.354 e. The van der Waals surface area contributed by atoms with Crippen molar-refractivity contribution in [3.63, 3.8) is 0 Å². The van der Waals surface area contributed by atoms with E-state index in [0.717, 1.165) is 0 Å². The molecule has 1 aromatic heterocycles. The molecule has 0 radical (unpaired) electrons. The van der Waals surface area contributed by atoms with E-state index in [0.29, 0.717) is 22.5 Å². The Bertz CT molecular complexity index is 649. The molecule has 106 valence electrons. The summed E-state index contributed by atoms with van der Waals surface area (Å²) in [5, 5.41) is 6.70. The van der Waals surface area contributed by atoms with Gasteiger partial charge in [0.25, 0.3) is 5.91 Å². The lowest BCUT2D eigenvalue weighted by Gasteiger charge is -2.14. The van der Waals surface area contributed by atoms with Crippen LogP contribution in [0, 0.1) is 12.7 Å². The number of nitrogens with one attached hydrogen (secondary N) is 1. The van der Waals surface area contributed by atoms with Crippen molar-refractivity contribution >= 4 is 5.91 Å². The third kappa shape index (κ3) is 2.55. The van der Waals surface area contributed by atoms with Gasteiger partial charge in [0.15, 0.2) is 5.69 Å². The summed E-state index contributed by atoms with van der Waals surface area (Å²) >= 11 is 0. The zero-order chi connectivity index (χ0) is 14.9. The van der Waals surface area contributed by atoms with Gasteiger partial charge in [0.2, 0.25) is 0 Å². The minimum atomic E-state index is -0.340. The predicted molar refractivity (Wildman–Crippen MR) is 74.3 cm³/mol. The zero-order valence-electron chi connectivity index (χ0n) is 11.6. The SMILES string of the molecule is CNC(=O)c1ccn(-c2cc(C)c(F)cc2[C@@H](C)N)n1. The summed E-state index contributed by atoms with van der Waals surface area (Å²) in [6, 6.07) is 4.35. The Balaban J connectivity index is 2.54. The molecule has 1 aromatic carbocycles. The van der Waals surface area contributed by atoms with Gasteiger partial charge in [0.1, 0.15) is 5.82 Å². The highest BCUT2D eigenvalue weighted by Gasteiger charge is 2.15. The molecule has 6 heteroatoms. The van der Waals surface area contributed by atoms with Gasteiger partial charge in [-0.3, -0.25) is 4.79 Å². The van der Waals surface area contributed by atoms with E-state index >= 15 is 0 Å². The number of nitrogens with zero attached hydrogens (tertiary/aromatic N) is 2. The quantitative estimate of drug-likeness (QED) is 0.896. The molecule has 0 saturated carbocycles. The van der Waals surface area contributed by atoms with Crippen molar-refractivity contribution in [3.05, 3.63) is 47.0 Å². The maximum atomic E-state index is 13.7. The Morgan fingerprint density at radius 2 is 2.20 bits per heavy atom. The van der Waals surface area contributed by atoms with E-state index in [-0.39, 0.29) is 17.8 Å². The lowest BCUT2D eigenvalue weighted by atomic mass is 10.0. The number of hydrogen-bond acceptors (Lipinski definition) is 3. The molecular formula is C14H17FN4O. The van der Waals surface area contributed by atoms with Crippen LogP contribution in [0.1, 0.15) is 34.6 Å². The number of aryl methyl sites for hydroxylation is 1. The lowest BCUT2D eigenvalue weighted by Crippen LogP contribution is -2.19. The Morgan fingerprint density at radius 3 is 2.80 bits per heavy atom. The van der Waals surface area contributed by atoms with E-state index in [1.54, 1.807) is 32.2 Å². The fourth-order valence-corrected chi connectivity index (χ4v) is 1.95. The molecule has 0 aliphatic rings. The van der Waals surface area contributed by atoms with Gasteiger partial charge >= 0.3 is 0 Å². The van der Waals surface area contributed by atoms with E-state index in [4.69, 9.17) is 5.73 Å². The summed E-state index contributed by atoms with van der Waals surface area (Å²) in [6.45, 7) is 3.45. The van der Waals surface area contributed by atoms with Crippen LogP contribution in [-0.4, -0.2) is 22.7 Å². The number of hydrogen-bond donors (Lipinski definition) is 2. The first kappa shape index (κ1) is 14.2. The van der Waals surface area contributed by atoms with Gasteiger partial charge in [-0.15, -0.1) is 0 Å². The van der Waals surface area contributed by atoms with Crippen molar-refractivity contribution in [1.82, 2.24) is 15.1 Å². The van der Waals surface area contributed by atoms with Crippen molar-refractivity contribution in [2.75, 3.05) is 7.05 Å². The fraction of sp³-hybridized carbons (Fsp3) is 0.286.